The quantitative estimate of drug-likeness (QED) is 0.0883. The summed E-state index contributed by atoms with van der Waals surface area (Å²) in [6.45, 7) is 2.43. The summed E-state index contributed by atoms with van der Waals surface area (Å²) in [5.74, 6) is 0.346. The molecule has 10 heteroatoms. The van der Waals surface area contributed by atoms with Crippen LogP contribution in [0.3, 0.4) is 0 Å². The number of amides is 1. The van der Waals surface area contributed by atoms with Crippen molar-refractivity contribution < 1.29 is 23.7 Å². The average molecular weight is 509 g/mol. The maximum Gasteiger partial charge on any atom is 0.338 e. The van der Waals surface area contributed by atoms with Crippen LogP contribution in [0.2, 0.25) is 0 Å². The number of carbonyl (C=O) groups is 2. The molecule has 4 rings (SSSR count). The van der Waals surface area contributed by atoms with Gasteiger partial charge < -0.3 is 9.15 Å². The minimum Gasteiger partial charge on any atom is -0.462 e. The third-order valence-electron chi connectivity index (χ3n) is 5.15. The van der Waals surface area contributed by atoms with Crippen molar-refractivity contribution in [2.75, 3.05) is 11.5 Å². The van der Waals surface area contributed by atoms with Crippen LogP contribution in [0.15, 0.2) is 70.0 Å². The van der Waals surface area contributed by atoms with Gasteiger partial charge in [-0.15, -0.1) is 0 Å². The average Bonchev–Trinajstić information content (AvgIpc) is 3.43. The van der Waals surface area contributed by atoms with Gasteiger partial charge in [0.2, 0.25) is 0 Å². The lowest BCUT2D eigenvalue weighted by atomic mass is 10.1. The number of anilines is 1. The summed E-state index contributed by atoms with van der Waals surface area (Å²) >= 11 is 6.47. The molecule has 0 radical (unpaired) electrons. The fourth-order valence-corrected chi connectivity index (χ4v) is 4.57. The number of nitro benzene ring substituents is 1. The Morgan fingerprint density at radius 3 is 2.51 bits per heavy atom. The standard InChI is InChI=1S/C25H20N2O6S2/c1-2-3-14-32-24(29)17-6-4-16(5-7-17)21-13-12-20(33-21)15-22-23(28)26(25(34)35-22)18-8-10-19(11-9-18)27(30)31/h4-13,15H,2-3,14H2,1H3/b22-15+. The molecule has 0 N–H and O–H groups in total. The molecule has 1 saturated heterocycles. The van der Waals surface area contributed by atoms with Crippen LogP contribution in [0.1, 0.15) is 35.9 Å². The number of unbranched alkanes of at least 4 members (excludes halogenated alkanes) is 1. The zero-order chi connectivity index (χ0) is 24.9. The van der Waals surface area contributed by atoms with Crippen molar-refractivity contribution in [3.63, 3.8) is 0 Å². The second-order valence-electron chi connectivity index (χ2n) is 7.56. The molecule has 0 spiro atoms. The minimum atomic E-state index is -0.505. The number of furan rings is 1. The Morgan fingerprint density at radius 2 is 1.86 bits per heavy atom. The fourth-order valence-electron chi connectivity index (χ4n) is 3.29. The first kappa shape index (κ1) is 24.4. The van der Waals surface area contributed by atoms with Gasteiger partial charge in [-0.1, -0.05) is 49.5 Å². The molecule has 1 fully saturated rings. The maximum absolute atomic E-state index is 12.9. The molecule has 2 heterocycles. The summed E-state index contributed by atoms with van der Waals surface area (Å²) in [6, 6.07) is 16.0. The largest absolute Gasteiger partial charge is 0.462 e. The molecule has 0 unspecified atom stereocenters. The summed E-state index contributed by atoms with van der Waals surface area (Å²) in [5.41, 5.74) is 1.62. The second kappa shape index (κ2) is 10.7. The number of thioether (sulfide) groups is 1. The Balaban J connectivity index is 1.47. The van der Waals surface area contributed by atoms with E-state index in [1.807, 2.05) is 6.92 Å². The van der Waals surface area contributed by atoms with Gasteiger partial charge in [-0.05, 0) is 42.8 Å². The van der Waals surface area contributed by atoms with Gasteiger partial charge in [0, 0.05) is 23.8 Å². The smallest absolute Gasteiger partial charge is 0.338 e. The normalized spacial score (nSPS) is 14.5. The van der Waals surface area contributed by atoms with Gasteiger partial charge in [-0.2, -0.15) is 0 Å². The molecule has 8 nitrogen and oxygen atoms in total. The number of esters is 1. The third-order valence-corrected chi connectivity index (χ3v) is 6.45. The number of non-ortho nitro benzene ring substituents is 1. The van der Waals surface area contributed by atoms with E-state index in [0.717, 1.165) is 30.2 Å². The van der Waals surface area contributed by atoms with Crippen LogP contribution in [-0.2, 0) is 9.53 Å². The van der Waals surface area contributed by atoms with Crippen LogP contribution in [-0.4, -0.2) is 27.7 Å². The SMILES string of the molecule is CCCCOC(=O)c1ccc(-c2ccc(/C=C3/SC(=S)N(c4ccc([N+](=O)[O-])cc4)C3=O)o2)cc1. The van der Waals surface area contributed by atoms with E-state index >= 15 is 0 Å². The highest BCUT2D eigenvalue weighted by molar-refractivity contribution is 8.27. The van der Waals surface area contributed by atoms with E-state index in [0.29, 0.717) is 38.6 Å². The summed E-state index contributed by atoms with van der Waals surface area (Å²) in [6.07, 6.45) is 3.38. The molecular weight excluding hydrogens is 488 g/mol. The van der Waals surface area contributed by atoms with Crippen LogP contribution in [0.4, 0.5) is 11.4 Å². The first-order valence-electron chi connectivity index (χ1n) is 10.8. The number of nitro groups is 1. The lowest BCUT2D eigenvalue weighted by molar-refractivity contribution is -0.384. The van der Waals surface area contributed by atoms with E-state index in [4.69, 9.17) is 21.4 Å². The highest BCUT2D eigenvalue weighted by Gasteiger charge is 2.33. The predicted octanol–water partition coefficient (Wildman–Crippen LogP) is 6.22. The second-order valence-corrected chi connectivity index (χ2v) is 9.24. The molecule has 0 atom stereocenters. The Bertz CT molecular complexity index is 1310. The van der Waals surface area contributed by atoms with Crippen molar-refractivity contribution in [1.82, 2.24) is 0 Å². The van der Waals surface area contributed by atoms with Gasteiger partial charge in [-0.3, -0.25) is 19.8 Å². The summed E-state index contributed by atoms with van der Waals surface area (Å²) in [7, 11) is 0. The molecule has 2 aromatic carbocycles. The lowest BCUT2D eigenvalue weighted by Gasteiger charge is -2.13. The van der Waals surface area contributed by atoms with E-state index in [9.17, 15) is 19.7 Å². The molecule has 1 aliphatic heterocycles. The van der Waals surface area contributed by atoms with Crippen LogP contribution in [0.5, 0.6) is 0 Å². The molecule has 0 saturated carbocycles. The molecule has 1 amide bonds. The van der Waals surface area contributed by atoms with Gasteiger partial charge in [0.15, 0.2) is 4.32 Å². The van der Waals surface area contributed by atoms with E-state index in [-0.39, 0.29) is 17.6 Å². The molecule has 0 bridgehead atoms. The van der Waals surface area contributed by atoms with E-state index in [1.165, 1.54) is 29.2 Å². The Kier molecular flexibility index (Phi) is 7.42. The van der Waals surface area contributed by atoms with Crippen LogP contribution in [0, 0.1) is 10.1 Å². The predicted molar refractivity (Wildman–Crippen MR) is 138 cm³/mol. The number of rotatable bonds is 8. The number of carbonyl (C=O) groups excluding carboxylic acids is 2. The number of nitrogens with zero attached hydrogens (tertiary/aromatic N) is 2. The zero-order valence-electron chi connectivity index (χ0n) is 18.6. The Hall–Kier alpha value is -3.76. The van der Waals surface area contributed by atoms with Gasteiger partial charge >= 0.3 is 5.97 Å². The molecule has 3 aromatic rings. The lowest BCUT2D eigenvalue weighted by Crippen LogP contribution is -2.27. The first-order chi connectivity index (χ1) is 16.9. The van der Waals surface area contributed by atoms with Crippen molar-refractivity contribution in [1.29, 1.82) is 0 Å². The fraction of sp³-hybridized carbons (Fsp3) is 0.160. The van der Waals surface area contributed by atoms with Gasteiger partial charge in [0.1, 0.15) is 11.5 Å². The summed E-state index contributed by atoms with van der Waals surface area (Å²) in [5, 5.41) is 10.9. The van der Waals surface area contributed by atoms with Gasteiger partial charge in [0.25, 0.3) is 11.6 Å². The van der Waals surface area contributed by atoms with Crippen molar-refractivity contribution >= 4 is 57.6 Å². The number of hydrogen-bond acceptors (Lipinski definition) is 8. The molecule has 35 heavy (non-hydrogen) atoms. The van der Waals surface area contributed by atoms with Crippen molar-refractivity contribution in [2.45, 2.75) is 19.8 Å². The van der Waals surface area contributed by atoms with Crippen LogP contribution < -0.4 is 4.90 Å². The van der Waals surface area contributed by atoms with Crippen LogP contribution in [0.25, 0.3) is 17.4 Å². The zero-order valence-corrected chi connectivity index (χ0v) is 20.3. The molecular formula is C25H20N2O6S2. The molecule has 0 aliphatic carbocycles. The Labute approximate surface area is 210 Å². The summed E-state index contributed by atoms with van der Waals surface area (Å²) in [4.78, 5) is 37.1. The minimum absolute atomic E-state index is 0.0701. The highest BCUT2D eigenvalue weighted by atomic mass is 32.2. The van der Waals surface area contributed by atoms with E-state index in [2.05, 4.69) is 0 Å². The van der Waals surface area contributed by atoms with E-state index < -0.39 is 4.92 Å². The van der Waals surface area contributed by atoms with Gasteiger partial charge in [0.05, 0.1) is 27.7 Å². The Morgan fingerprint density at radius 1 is 1.14 bits per heavy atom. The molecule has 178 valence electrons. The number of ether oxygens (including phenoxy) is 1. The number of benzene rings is 2. The number of thiocarbonyl (C=S) groups is 1. The topological polar surface area (TPSA) is 103 Å². The van der Waals surface area contributed by atoms with Crippen molar-refractivity contribution in [3.05, 3.63) is 87.0 Å². The van der Waals surface area contributed by atoms with E-state index in [1.54, 1.807) is 42.5 Å². The van der Waals surface area contributed by atoms with Crippen molar-refractivity contribution in [2.24, 2.45) is 0 Å². The van der Waals surface area contributed by atoms with Crippen LogP contribution >= 0.6 is 24.0 Å². The highest BCUT2D eigenvalue weighted by Crippen LogP contribution is 2.37. The molecule has 1 aromatic heterocycles. The number of hydrogen-bond donors (Lipinski definition) is 0. The maximum atomic E-state index is 12.9. The van der Waals surface area contributed by atoms with Crippen molar-refractivity contribution in [3.8, 4) is 11.3 Å². The monoisotopic (exact) mass is 508 g/mol. The van der Waals surface area contributed by atoms with Gasteiger partial charge in [-0.25, -0.2) is 4.79 Å². The molecule has 1 aliphatic rings. The summed E-state index contributed by atoms with van der Waals surface area (Å²) < 4.78 is 11.4. The first-order valence-corrected chi connectivity index (χ1v) is 12.0. The third kappa shape index (κ3) is 5.50.